The van der Waals surface area contributed by atoms with Crippen molar-refractivity contribution in [3.8, 4) is 11.8 Å². The Balaban J connectivity index is 0.864. The second kappa shape index (κ2) is 69.3. The molecule has 0 spiro atoms. The molecule has 2 aromatic carbocycles. The van der Waals surface area contributed by atoms with E-state index in [2.05, 4.69) is 22.5 Å². The molecule has 3 rings (SSSR count). The lowest BCUT2D eigenvalue weighted by Gasteiger charge is -2.26. The number of benzene rings is 2. The van der Waals surface area contributed by atoms with Crippen molar-refractivity contribution in [1.29, 1.82) is 0 Å². The van der Waals surface area contributed by atoms with Gasteiger partial charge < -0.3 is 129 Å². The van der Waals surface area contributed by atoms with Crippen LogP contribution in [0.4, 0.5) is 10.5 Å². The number of hydrogen-bond acceptors (Lipinski definition) is 27. The van der Waals surface area contributed by atoms with E-state index in [1.165, 1.54) is 0 Å². The summed E-state index contributed by atoms with van der Waals surface area (Å²) < 4.78 is 132. The Morgan fingerprint density at radius 3 is 0.833 bits per heavy atom. The van der Waals surface area contributed by atoms with Gasteiger partial charge in [0, 0.05) is 37.1 Å². The van der Waals surface area contributed by atoms with Gasteiger partial charge in [0.05, 0.1) is 316 Å². The molecule has 0 fully saturated rings. The number of nitrogens with one attached hydrogen (secondary N) is 2. The lowest BCUT2D eigenvalue weighted by atomic mass is 10.0. The van der Waals surface area contributed by atoms with Gasteiger partial charge in [0.2, 0.25) is 11.8 Å². The zero-order valence-corrected chi connectivity index (χ0v) is 61.2. The molecule has 0 unspecified atom stereocenters. The van der Waals surface area contributed by atoms with Gasteiger partial charge in [-0.2, -0.15) is 0 Å². The van der Waals surface area contributed by atoms with Crippen LogP contribution in [-0.2, 0) is 130 Å². The summed E-state index contributed by atoms with van der Waals surface area (Å²) >= 11 is 0. The first-order valence-corrected chi connectivity index (χ1v) is 35.7. The molecule has 0 radical (unpaired) electrons. The van der Waals surface area contributed by atoms with E-state index in [-0.39, 0.29) is 24.7 Å². The summed E-state index contributed by atoms with van der Waals surface area (Å²) in [6, 6.07) is 15.4. The van der Waals surface area contributed by atoms with Crippen LogP contribution in [0.1, 0.15) is 50.3 Å². The molecular formula is C72H121N3O27. The van der Waals surface area contributed by atoms with Gasteiger partial charge in [0.1, 0.15) is 5.60 Å². The van der Waals surface area contributed by atoms with E-state index in [1.807, 2.05) is 69.3 Å². The molecule has 0 saturated heterocycles. The Morgan fingerprint density at radius 1 is 0.314 bits per heavy atom. The fourth-order valence-corrected chi connectivity index (χ4v) is 8.39. The topological polar surface area (TPSA) is 300 Å². The van der Waals surface area contributed by atoms with Crippen LogP contribution < -0.4 is 15.5 Å². The molecule has 1 aliphatic heterocycles. The average molecular weight is 1460 g/mol. The number of para-hydroxylation sites is 1. The van der Waals surface area contributed by atoms with Gasteiger partial charge in [0.15, 0.2) is 0 Å². The molecule has 0 aromatic heterocycles. The van der Waals surface area contributed by atoms with Gasteiger partial charge in [0.25, 0.3) is 0 Å². The summed E-state index contributed by atoms with van der Waals surface area (Å²) in [7, 11) is 0. The third kappa shape index (κ3) is 58.5. The van der Waals surface area contributed by atoms with Crippen LogP contribution in [0.15, 0.2) is 48.5 Å². The predicted octanol–water partition coefficient (Wildman–Crippen LogP) is 3.74. The van der Waals surface area contributed by atoms with E-state index in [1.54, 1.807) is 4.90 Å². The van der Waals surface area contributed by atoms with E-state index < -0.39 is 11.7 Å². The van der Waals surface area contributed by atoms with E-state index in [4.69, 9.17) is 114 Å². The van der Waals surface area contributed by atoms with Crippen molar-refractivity contribution in [2.75, 3.05) is 322 Å². The monoisotopic (exact) mass is 1460 g/mol. The Hall–Kier alpha value is -4.71. The Morgan fingerprint density at radius 2 is 0.549 bits per heavy atom. The summed E-state index contributed by atoms with van der Waals surface area (Å²) in [6.45, 7) is 27.6. The van der Waals surface area contributed by atoms with Gasteiger partial charge in [-0.25, -0.2) is 4.79 Å². The summed E-state index contributed by atoms with van der Waals surface area (Å²) in [5.41, 5.74) is 2.86. The second-order valence-corrected chi connectivity index (χ2v) is 22.8. The first-order chi connectivity index (χ1) is 50.2. The van der Waals surface area contributed by atoms with Crippen LogP contribution in [0.5, 0.6) is 0 Å². The number of carbonyl (C=O) groups excluding carboxylic acids is 3. The van der Waals surface area contributed by atoms with Crippen molar-refractivity contribution in [3.05, 3.63) is 65.2 Å². The molecule has 30 nitrogen and oxygen atoms in total. The van der Waals surface area contributed by atoms with Crippen molar-refractivity contribution in [1.82, 2.24) is 10.6 Å². The number of nitrogens with zero attached hydrogens (tertiary/aromatic N) is 1. The minimum atomic E-state index is -0.524. The average Bonchev–Trinajstić information content (AvgIpc) is 0.809. The van der Waals surface area contributed by atoms with Crippen LogP contribution in [0.25, 0.3) is 0 Å². The van der Waals surface area contributed by atoms with Gasteiger partial charge in [-0.1, -0.05) is 42.2 Å². The maximum absolute atomic E-state index is 13.4. The molecule has 102 heavy (non-hydrogen) atoms. The van der Waals surface area contributed by atoms with Crippen LogP contribution >= 0.6 is 0 Å². The first-order valence-electron chi connectivity index (χ1n) is 35.7. The molecule has 0 atom stereocenters. The van der Waals surface area contributed by atoms with Crippen molar-refractivity contribution in [3.63, 3.8) is 0 Å². The Labute approximate surface area is 604 Å². The van der Waals surface area contributed by atoms with E-state index in [9.17, 15) is 14.4 Å². The highest BCUT2D eigenvalue weighted by molar-refractivity contribution is 5.97. The molecular weight excluding hydrogens is 1340 g/mol. The zero-order valence-electron chi connectivity index (χ0n) is 61.2. The van der Waals surface area contributed by atoms with Crippen LogP contribution in [0, 0.1) is 11.8 Å². The number of anilines is 1. The molecule has 2 aromatic rings. The third-order valence-corrected chi connectivity index (χ3v) is 13.4. The number of rotatable bonds is 75. The highest BCUT2D eigenvalue weighted by Crippen LogP contribution is 2.26. The minimum absolute atomic E-state index is 0.0772. The molecule has 2 N–H and O–H groups in total. The quantitative estimate of drug-likeness (QED) is 0.0704. The normalized spacial score (nSPS) is 12.0. The Kier molecular flexibility index (Phi) is 62.2. The highest BCUT2D eigenvalue weighted by atomic mass is 16.6. The third-order valence-electron chi connectivity index (χ3n) is 13.4. The largest absolute Gasteiger partial charge is 0.444 e. The van der Waals surface area contributed by atoms with Gasteiger partial charge in [-0.15, -0.1) is 0 Å². The van der Waals surface area contributed by atoms with Crippen molar-refractivity contribution in [2.45, 2.75) is 45.8 Å². The fraction of sp³-hybridized carbons (Fsp3) is 0.764. The van der Waals surface area contributed by atoms with E-state index in [0.29, 0.717) is 324 Å². The maximum atomic E-state index is 13.4. The summed E-state index contributed by atoms with van der Waals surface area (Å²) in [4.78, 5) is 39.1. The number of amides is 3. The van der Waals surface area contributed by atoms with Crippen LogP contribution in [-0.4, -0.2) is 341 Å². The SMILES string of the molecule is CC(C)(C)OC(=O)NCCOCCOCCOCCOCCOCCOCCOCCOCCOCCOCCOCCOCCOCCOCCOCCOCCOCCOCCOCCOCCOCCOCCOCCNC(=O)CCC(=O)N1Cc2ccccc2C#Cc2ccccc21. The standard InChI is InChI=1S/C72H121N3O27/c1-72(2,3)102-71(78)74-17-19-80-21-23-82-25-27-84-29-31-86-33-35-88-37-39-90-41-43-92-45-47-94-49-51-96-53-55-98-57-59-100-61-63-101-62-60-99-58-56-97-54-52-95-50-48-93-46-44-91-42-40-89-38-36-87-34-32-85-30-28-83-26-24-81-22-20-79-18-16-73-69(76)14-15-70(77)75-64-67-10-5-4-8-65(67)12-13-66-9-6-7-11-68(66)75/h4-11H,14-64H2,1-3H3,(H,73,76)(H,74,78). The number of ether oxygens (including phenoxy) is 24. The molecule has 3 amide bonds. The van der Waals surface area contributed by atoms with Crippen LogP contribution in [0.3, 0.4) is 0 Å². The smallest absolute Gasteiger partial charge is 0.407 e. The van der Waals surface area contributed by atoms with Crippen molar-refractivity contribution in [2.24, 2.45) is 0 Å². The summed E-state index contributed by atoms with van der Waals surface area (Å²) in [5.74, 6) is 6.07. The minimum Gasteiger partial charge on any atom is -0.444 e. The van der Waals surface area contributed by atoms with Gasteiger partial charge in [-0.3, -0.25) is 9.59 Å². The molecule has 0 saturated carbocycles. The van der Waals surface area contributed by atoms with E-state index >= 15 is 0 Å². The molecule has 0 aliphatic carbocycles. The van der Waals surface area contributed by atoms with Crippen molar-refractivity contribution < 1.29 is 128 Å². The number of carbonyl (C=O) groups is 3. The molecule has 0 bridgehead atoms. The maximum Gasteiger partial charge on any atom is 0.407 e. The summed E-state index contributed by atoms with van der Waals surface area (Å²) in [6.07, 6.45) is -0.304. The Bertz CT molecular complexity index is 2320. The zero-order chi connectivity index (χ0) is 72.6. The lowest BCUT2D eigenvalue weighted by Crippen LogP contribution is -2.34. The number of fused-ring (bicyclic) bond motifs is 2. The highest BCUT2D eigenvalue weighted by Gasteiger charge is 2.22. The number of alkyl carbamates (subject to hydrolysis) is 1. The summed E-state index contributed by atoms with van der Waals surface area (Å²) in [5, 5.41) is 5.45. The van der Waals surface area contributed by atoms with Crippen molar-refractivity contribution >= 4 is 23.6 Å². The fourth-order valence-electron chi connectivity index (χ4n) is 8.39. The van der Waals surface area contributed by atoms with Gasteiger partial charge in [-0.05, 0) is 44.5 Å². The van der Waals surface area contributed by atoms with Crippen LogP contribution in [0.2, 0.25) is 0 Å². The molecule has 1 heterocycles. The molecule has 586 valence electrons. The molecule has 30 heteroatoms. The lowest BCUT2D eigenvalue weighted by molar-refractivity contribution is -0.125. The second-order valence-electron chi connectivity index (χ2n) is 22.8. The molecule has 1 aliphatic rings. The number of hydrogen-bond donors (Lipinski definition) is 2. The van der Waals surface area contributed by atoms with E-state index in [0.717, 1.165) is 22.4 Å². The predicted molar refractivity (Wildman–Crippen MR) is 375 cm³/mol. The first kappa shape index (κ1) is 91.5. The van der Waals surface area contributed by atoms with Gasteiger partial charge >= 0.3 is 6.09 Å².